The highest BCUT2D eigenvalue weighted by Gasteiger charge is 2.06. The molecule has 1 heterocycles. The van der Waals surface area contributed by atoms with Gasteiger partial charge in [-0.05, 0) is 31.5 Å². The van der Waals surface area contributed by atoms with E-state index >= 15 is 0 Å². The number of nitrogens with one attached hydrogen (secondary N) is 1. The highest BCUT2D eigenvalue weighted by atomic mass is 19.1. The van der Waals surface area contributed by atoms with E-state index in [1.54, 1.807) is 12.1 Å². The molecule has 0 aliphatic heterocycles. The molecule has 0 fully saturated rings. The van der Waals surface area contributed by atoms with Crippen molar-refractivity contribution >= 4 is 5.82 Å². The number of nitrogens with zero attached hydrogens (tertiary/aromatic N) is 1. The Hall–Kier alpha value is -1.90. The number of aromatic nitrogens is 1. The Bertz CT molecular complexity index is 511. The molecule has 1 aromatic carbocycles. The van der Waals surface area contributed by atoms with Crippen molar-refractivity contribution in [3.05, 3.63) is 59.5 Å². The summed E-state index contributed by atoms with van der Waals surface area (Å²) >= 11 is 0. The van der Waals surface area contributed by atoms with Crippen LogP contribution in [0.15, 0.2) is 42.5 Å². The molecule has 1 N–H and O–H groups in total. The zero-order valence-electron chi connectivity index (χ0n) is 9.94. The zero-order valence-corrected chi connectivity index (χ0v) is 9.94. The van der Waals surface area contributed by atoms with Crippen LogP contribution in [-0.4, -0.2) is 4.98 Å². The van der Waals surface area contributed by atoms with Gasteiger partial charge in [0.1, 0.15) is 5.82 Å². The minimum absolute atomic E-state index is 0.101. The molecular formula is C14H15FN2. The maximum atomic E-state index is 12.9. The normalized spacial score (nSPS) is 12.2. The van der Waals surface area contributed by atoms with Crippen molar-refractivity contribution in [2.45, 2.75) is 19.9 Å². The largest absolute Gasteiger partial charge is 0.363 e. The Morgan fingerprint density at radius 1 is 1.18 bits per heavy atom. The maximum absolute atomic E-state index is 12.9. The van der Waals surface area contributed by atoms with E-state index in [9.17, 15) is 4.39 Å². The lowest BCUT2D eigenvalue weighted by Crippen LogP contribution is -2.08. The molecule has 0 spiro atoms. The number of aryl methyl sites for hydroxylation is 1. The first-order valence-corrected chi connectivity index (χ1v) is 5.61. The molecule has 3 heteroatoms. The predicted octanol–water partition coefficient (Wildman–Crippen LogP) is 3.70. The van der Waals surface area contributed by atoms with Crippen LogP contribution < -0.4 is 5.32 Å². The summed E-state index contributed by atoms with van der Waals surface area (Å²) in [5.74, 6) is 0.0884. The van der Waals surface area contributed by atoms with Crippen LogP contribution in [0.2, 0.25) is 0 Å². The first kappa shape index (κ1) is 11.6. The van der Waals surface area contributed by atoms with E-state index < -0.39 is 5.95 Å². The van der Waals surface area contributed by atoms with E-state index in [1.165, 1.54) is 11.6 Å². The molecule has 0 amide bonds. The summed E-state index contributed by atoms with van der Waals surface area (Å²) in [4.78, 5) is 3.78. The summed E-state index contributed by atoms with van der Waals surface area (Å²) in [6, 6.07) is 13.1. The highest BCUT2D eigenvalue weighted by molar-refractivity contribution is 5.38. The number of hydrogen-bond donors (Lipinski definition) is 1. The third-order valence-corrected chi connectivity index (χ3v) is 2.62. The van der Waals surface area contributed by atoms with Gasteiger partial charge in [0.15, 0.2) is 0 Å². The van der Waals surface area contributed by atoms with Crippen molar-refractivity contribution in [3.8, 4) is 0 Å². The first-order valence-electron chi connectivity index (χ1n) is 5.61. The molecule has 0 saturated heterocycles. The number of halogens is 1. The summed E-state index contributed by atoms with van der Waals surface area (Å²) in [7, 11) is 0. The minimum atomic E-state index is -0.466. The van der Waals surface area contributed by atoms with Crippen LogP contribution in [0.1, 0.15) is 24.1 Å². The molecule has 0 saturated carbocycles. The zero-order chi connectivity index (χ0) is 12.3. The highest BCUT2D eigenvalue weighted by Crippen LogP contribution is 2.18. The van der Waals surface area contributed by atoms with E-state index in [1.807, 2.05) is 19.1 Å². The molecule has 0 radical (unpaired) electrons. The molecule has 0 aliphatic rings. The molecule has 1 unspecified atom stereocenters. The van der Waals surface area contributed by atoms with E-state index in [2.05, 4.69) is 29.4 Å². The lowest BCUT2D eigenvalue weighted by molar-refractivity contribution is 0.584. The Morgan fingerprint density at radius 3 is 2.65 bits per heavy atom. The van der Waals surface area contributed by atoms with Gasteiger partial charge in [0, 0.05) is 6.04 Å². The van der Waals surface area contributed by atoms with E-state index in [4.69, 9.17) is 0 Å². The molecule has 1 atom stereocenters. The van der Waals surface area contributed by atoms with Crippen molar-refractivity contribution in [2.24, 2.45) is 0 Å². The summed E-state index contributed by atoms with van der Waals surface area (Å²) in [6.45, 7) is 4.08. The molecule has 0 aliphatic carbocycles. The Labute approximate surface area is 101 Å². The second-order valence-electron chi connectivity index (χ2n) is 4.13. The fourth-order valence-corrected chi connectivity index (χ4v) is 1.73. The summed E-state index contributed by atoms with van der Waals surface area (Å²) < 4.78 is 12.9. The van der Waals surface area contributed by atoms with Gasteiger partial charge in [-0.2, -0.15) is 4.39 Å². The molecule has 2 rings (SSSR count). The molecule has 2 nitrogen and oxygen atoms in total. The van der Waals surface area contributed by atoms with E-state index in [-0.39, 0.29) is 6.04 Å². The van der Waals surface area contributed by atoms with Crippen LogP contribution in [0.5, 0.6) is 0 Å². The van der Waals surface area contributed by atoms with Crippen LogP contribution >= 0.6 is 0 Å². The Morgan fingerprint density at radius 2 is 1.94 bits per heavy atom. The fourth-order valence-electron chi connectivity index (χ4n) is 1.73. The number of benzene rings is 1. The second kappa shape index (κ2) is 4.95. The number of rotatable bonds is 3. The molecule has 1 aromatic heterocycles. The second-order valence-corrected chi connectivity index (χ2v) is 4.13. The smallest absolute Gasteiger partial charge is 0.214 e. The van der Waals surface area contributed by atoms with Crippen LogP contribution in [0.25, 0.3) is 0 Å². The van der Waals surface area contributed by atoms with Gasteiger partial charge in [-0.15, -0.1) is 0 Å². The monoisotopic (exact) mass is 230 g/mol. The Kier molecular flexibility index (Phi) is 3.38. The van der Waals surface area contributed by atoms with Gasteiger partial charge in [-0.3, -0.25) is 0 Å². The number of pyridine rings is 1. The third kappa shape index (κ3) is 3.03. The quantitative estimate of drug-likeness (QED) is 0.813. The van der Waals surface area contributed by atoms with Gasteiger partial charge < -0.3 is 5.32 Å². The number of anilines is 1. The molecule has 17 heavy (non-hydrogen) atoms. The van der Waals surface area contributed by atoms with Crippen LogP contribution in [0, 0.1) is 12.9 Å². The van der Waals surface area contributed by atoms with Gasteiger partial charge in [0.05, 0.1) is 0 Å². The molecular weight excluding hydrogens is 215 g/mol. The lowest BCUT2D eigenvalue weighted by Gasteiger charge is -2.15. The molecule has 0 bridgehead atoms. The van der Waals surface area contributed by atoms with Crippen molar-refractivity contribution in [1.29, 1.82) is 0 Å². The lowest BCUT2D eigenvalue weighted by atomic mass is 10.1. The van der Waals surface area contributed by atoms with Crippen molar-refractivity contribution < 1.29 is 4.39 Å². The molecule has 2 aromatic rings. The van der Waals surface area contributed by atoms with Crippen LogP contribution in [-0.2, 0) is 0 Å². The topological polar surface area (TPSA) is 24.9 Å². The number of hydrogen-bond acceptors (Lipinski definition) is 2. The summed E-state index contributed by atoms with van der Waals surface area (Å²) in [5, 5.41) is 3.18. The van der Waals surface area contributed by atoms with Crippen LogP contribution in [0.3, 0.4) is 0 Å². The minimum Gasteiger partial charge on any atom is -0.363 e. The van der Waals surface area contributed by atoms with Crippen molar-refractivity contribution in [1.82, 2.24) is 4.98 Å². The van der Waals surface area contributed by atoms with Gasteiger partial charge in [0.25, 0.3) is 0 Å². The van der Waals surface area contributed by atoms with Crippen molar-refractivity contribution in [2.75, 3.05) is 5.32 Å². The first-order chi connectivity index (χ1) is 8.15. The fraction of sp³-hybridized carbons (Fsp3) is 0.214. The van der Waals surface area contributed by atoms with Gasteiger partial charge in [-0.25, -0.2) is 4.98 Å². The summed E-state index contributed by atoms with van der Waals surface area (Å²) in [5.41, 5.74) is 2.37. The average Bonchev–Trinajstić information content (AvgIpc) is 2.29. The predicted molar refractivity (Wildman–Crippen MR) is 67.4 cm³/mol. The standard InChI is InChI=1S/C14H15FN2/c1-10-5-3-6-12(9-10)11(2)16-14-8-4-7-13(15)17-14/h3-9,11H,1-2H3,(H,16,17). The Balaban J connectivity index is 2.14. The molecule has 88 valence electrons. The van der Waals surface area contributed by atoms with E-state index in [0.29, 0.717) is 5.82 Å². The van der Waals surface area contributed by atoms with Gasteiger partial charge in [-0.1, -0.05) is 35.9 Å². The maximum Gasteiger partial charge on any atom is 0.214 e. The summed E-state index contributed by atoms with van der Waals surface area (Å²) in [6.07, 6.45) is 0. The SMILES string of the molecule is Cc1cccc(C(C)Nc2cccc(F)n2)c1. The van der Waals surface area contributed by atoms with E-state index in [0.717, 1.165) is 5.56 Å². The third-order valence-electron chi connectivity index (χ3n) is 2.62. The van der Waals surface area contributed by atoms with Crippen LogP contribution in [0.4, 0.5) is 10.2 Å². The van der Waals surface area contributed by atoms with Crippen molar-refractivity contribution in [3.63, 3.8) is 0 Å². The van der Waals surface area contributed by atoms with Gasteiger partial charge in [0.2, 0.25) is 5.95 Å². The average molecular weight is 230 g/mol. The van der Waals surface area contributed by atoms with Gasteiger partial charge >= 0.3 is 0 Å².